The predicted molar refractivity (Wildman–Crippen MR) is 91.0 cm³/mol. The summed E-state index contributed by atoms with van der Waals surface area (Å²) in [5.74, 6) is 0.157. The summed E-state index contributed by atoms with van der Waals surface area (Å²) in [6, 6.07) is 5.16. The standard InChI is InChI=1S/C17H20FN5O2/c1-25-16-13(3-2-5-20-16)11-21-17(24)23-9-7-22(8-10-23)15-4-6-19-12-14(15)18/h2-6,12H,7-11H2,1H3,(H,21,24). The van der Waals surface area contributed by atoms with E-state index in [0.717, 1.165) is 5.56 Å². The smallest absolute Gasteiger partial charge is 0.317 e. The summed E-state index contributed by atoms with van der Waals surface area (Å²) in [7, 11) is 1.55. The van der Waals surface area contributed by atoms with E-state index in [4.69, 9.17) is 4.74 Å². The van der Waals surface area contributed by atoms with Crippen LogP contribution < -0.4 is 15.0 Å². The zero-order chi connectivity index (χ0) is 17.6. The van der Waals surface area contributed by atoms with E-state index in [2.05, 4.69) is 15.3 Å². The van der Waals surface area contributed by atoms with Gasteiger partial charge in [0.15, 0.2) is 5.82 Å². The minimum Gasteiger partial charge on any atom is -0.481 e. The molecule has 1 aliphatic heterocycles. The third-order valence-corrected chi connectivity index (χ3v) is 4.13. The van der Waals surface area contributed by atoms with E-state index in [1.54, 1.807) is 36.5 Å². The zero-order valence-electron chi connectivity index (χ0n) is 14.0. The minimum absolute atomic E-state index is 0.152. The molecule has 1 aliphatic rings. The number of hydrogen-bond acceptors (Lipinski definition) is 5. The van der Waals surface area contributed by atoms with Crippen molar-refractivity contribution in [2.24, 2.45) is 0 Å². The van der Waals surface area contributed by atoms with Crippen LogP contribution in [-0.4, -0.2) is 54.2 Å². The summed E-state index contributed by atoms with van der Waals surface area (Å²) in [6.45, 7) is 2.54. The quantitative estimate of drug-likeness (QED) is 0.912. The summed E-state index contributed by atoms with van der Waals surface area (Å²) < 4.78 is 19.0. The molecule has 0 aliphatic carbocycles. The molecule has 3 heterocycles. The molecule has 1 N–H and O–H groups in total. The Bertz CT molecular complexity index is 734. The Morgan fingerprint density at radius 2 is 2.08 bits per heavy atom. The number of nitrogens with one attached hydrogen (secondary N) is 1. The van der Waals surface area contributed by atoms with E-state index in [1.165, 1.54) is 6.20 Å². The molecule has 0 radical (unpaired) electrons. The van der Waals surface area contributed by atoms with E-state index in [-0.39, 0.29) is 11.8 Å². The Morgan fingerprint density at radius 1 is 1.28 bits per heavy atom. The molecule has 0 aromatic carbocycles. The van der Waals surface area contributed by atoms with Gasteiger partial charge in [-0.25, -0.2) is 14.2 Å². The topological polar surface area (TPSA) is 70.6 Å². The molecule has 1 fully saturated rings. The Labute approximate surface area is 145 Å². The van der Waals surface area contributed by atoms with E-state index in [1.807, 2.05) is 11.0 Å². The molecule has 2 aromatic heterocycles. The summed E-state index contributed by atoms with van der Waals surface area (Å²) >= 11 is 0. The van der Waals surface area contributed by atoms with Crippen molar-refractivity contribution in [3.8, 4) is 5.88 Å². The SMILES string of the molecule is COc1ncccc1CNC(=O)N1CCN(c2ccncc2F)CC1. The van der Waals surface area contributed by atoms with Gasteiger partial charge in [0.1, 0.15) is 0 Å². The molecule has 8 heteroatoms. The molecule has 25 heavy (non-hydrogen) atoms. The molecule has 0 atom stereocenters. The molecule has 7 nitrogen and oxygen atoms in total. The van der Waals surface area contributed by atoms with Gasteiger partial charge in [-0.05, 0) is 12.1 Å². The lowest BCUT2D eigenvalue weighted by Gasteiger charge is -2.36. The van der Waals surface area contributed by atoms with Gasteiger partial charge in [0.2, 0.25) is 5.88 Å². The van der Waals surface area contributed by atoms with Crippen LogP contribution in [0.25, 0.3) is 0 Å². The number of anilines is 1. The number of rotatable bonds is 4. The van der Waals surface area contributed by atoms with Crippen LogP contribution in [0.5, 0.6) is 5.88 Å². The molecule has 3 rings (SSSR count). The minimum atomic E-state index is -0.343. The van der Waals surface area contributed by atoms with Crippen LogP contribution in [-0.2, 0) is 6.54 Å². The van der Waals surface area contributed by atoms with Crippen LogP contribution in [0.15, 0.2) is 36.8 Å². The van der Waals surface area contributed by atoms with Gasteiger partial charge in [0.25, 0.3) is 0 Å². The van der Waals surface area contributed by atoms with Crippen LogP contribution in [0.1, 0.15) is 5.56 Å². The first-order valence-corrected chi connectivity index (χ1v) is 8.04. The molecule has 1 saturated heterocycles. The number of ether oxygens (including phenoxy) is 1. The molecule has 0 bridgehead atoms. The van der Waals surface area contributed by atoms with Gasteiger partial charge >= 0.3 is 6.03 Å². The Kier molecular flexibility index (Phi) is 5.27. The fourth-order valence-corrected chi connectivity index (χ4v) is 2.80. The molecular weight excluding hydrogens is 325 g/mol. The van der Waals surface area contributed by atoms with Gasteiger partial charge in [-0.1, -0.05) is 6.07 Å². The first-order valence-electron chi connectivity index (χ1n) is 8.04. The fourth-order valence-electron chi connectivity index (χ4n) is 2.80. The molecule has 0 spiro atoms. The van der Waals surface area contributed by atoms with Gasteiger partial charge in [-0.3, -0.25) is 4.98 Å². The highest BCUT2D eigenvalue weighted by atomic mass is 19.1. The monoisotopic (exact) mass is 345 g/mol. The number of piperazine rings is 1. The molecule has 0 saturated carbocycles. The number of nitrogens with zero attached hydrogens (tertiary/aromatic N) is 4. The first-order chi connectivity index (χ1) is 12.2. The van der Waals surface area contributed by atoms with Crippen molar-refractivity contribution in [2.75, 3.05) is 38.2 Å². The highest BCUT2D eigenvalue weighted by Crippen LogP contribution is 2.19. The zero-order valence-corrected chi connectivity index (χ0v) is 14.0. The summed E-state index contributed by atoms with van der Waals surface area (Å²) in [5, 5.41) is 2.87. The fraction of sp³-hybridized carbons (Fsp3) is 0.353. The summed E-state index contributed by atoms with van der Waals surface area (Å²) in [6.07, 6.45) is 4.41. The second-order valence-electron chi connectivity index (χ2n) is 5.63. The number of halogens is 1. The average molecular weight is 345 g/mol. The maximum absolute atomic E-state index is 13.8. The number of urea groups is 1. The second-order valence-corrected chi connectivity index (χ2v) is 5.63. The van der Waals surface area contributed by atoms with E-state index in [9.17, 15) is 9.18 Å². The molecule has 132 valence electrons. The van der Waals surface area contributed by atoms with Gasteiger partial charge in [0.05, 0.1) is 19.0 Å². The summed E-state index contributed by atoms with van der Waals surface area (Å²) in [4.78, 5) is 23.8. The third-order valence-electron chi connectivity index (χ3n) is 4.13. The number of amides is 2. The Balaban J connectivity index is 1.53. The lowest BCUT2D eigenvalue weighted by atomic mass is 10.2. The van der Waals surface area contributed by atoms with E-state index < -0.39 is 0 Å². The van der Waals surface area contributed by atoms with Crippen molar-refractivity contribution in [3.05, 3.63) is 48.2 Å². The van der Waals surface area contributed by atoms with Crippen LogP contribution in [0.3, 0.4) is 0 Å². The highest BCUT2D eigenvalue weighted by Gasteiger charge is 2.22. The van der Waals surface area contributed by atoms with Crippen molar-refractivity contribution in [1.29, 1.82) is 0 Å². The molecule has 2 aromatic rings. The van der Waals surface area contributed by atoms with Crippen molar-refractivity contribution >= 4 is 11.7 Å². The normalized spacial score (nSPS) is 14.3. The van der Waals surface area contributed by atoms with Crippen LogP contribution >= 0.6 is 0 Å². The second kappa shape index (κ2) is 7.78. The third kappa shape index (κ3) is 3.96. The highest BCUT2D eigenvalue weighted by molar-refractivity contribution is 5.74. The van der Waals surface area contributed by atoms with Gasteiger partial charge in [0, 0.05) is 50.7 Å². The van der Waals surface area contributed by atoms with Gasteiger partial charge in [-0.2, -0.15) is 0 Å². The van der Waals surface area contributed by atoms with Crippen LogP contribution in [0.4, 0.5) is 14.9 Å². The van der Waals surface area contributed by atoms with E-state index >= 15 is 0 Å². The van der Waals surface area contributed by atoms with Crippen molar-refractivity contribution in [3.63, 3.8) is 0 Å². The number of methoxy groups -OCH3 is 1. The molecular formula is C17H20FN5O2. The van der Waals surface area contributed by atoms with Gasteiger partial charge < -0.3 is 19.9 Å². The number of hydrogen-bond donors (Lipinski definition) is 1. The largest absolute Gasteiger partial charge is 0.481 e. The number of pyridine rings is 2. The Hall–Kier alpha value is -2.90. The number of aromatic nitrogens is 2. The van der Waals surface area contributed by atoms with Gasteiger partial charge in [-0.15, -0.1) is 0 Å². The number of carbonyl (C=O) groups excluding carboxylic acids is 1. The number of carbonyl (C=O) groups is 1. The lowest BCUT2D eigenvalue weighted by molar-refractivity contribution is 0.193. The maximum atomic E-state index is 13.8. The van der Waals surface area contributed by atoms with Crippen molar-refractivity contribution in [2.45, 2.75) is 6.54 Å². The molecule has 2 amide bonds. The summed E-state index contributed by atoms with van der Waals surface area (Å²) in [5.41, 5.74) is 1.34. The van der Waals surface area contributed by atoms with Crippen molar-refractivity contribution in [1.82, 2.24) is 20.2 Å². The van der Waals surface area contributed by atoms with Crippen molar-refractivity contribution < 1.29 is 13.9 Å². The first kappa shape index (κ1) is 16.9. The lowest BCUT2D eigenvalue weighted by Crippen LogP contribution is -2.51. The van der Waals surface area contributed by atoms with E-state index in [0.29, 0.717) is 44.3 Å². The Morgan fingerprint density at radius 3 is 2.80 bits per heavy atom. The van der Waals surface area contributed by atoms with Crippen LogP contribution in [0, 0.1) is 5.82 Å². The predicted octanol–water partition coefficient (Wildman–Crippen LogP) is 1.66. The van der Waals surface area contributed by atoms with Crippen LogP contribution in [0.2, 0.25) is 0 Å². The molecule has 0 unspecified atom stereocenters. The maximum Gasteiger partial charge on any atom is 0.317 e. The average Bonchev–Trinajstić information content (AvgIpc) is 2.67.